The highest BCUT2D eigenvalue weighted by molar-refractivity contribution is 5.78. The molecule has 0 radical (unpaired) electrons. The number of nitrogens with zero attached hydrogens (tertiary/aromatic N) is 1. The van der Waals surface area contributed by atoms with E-state index in [1.54, 1.807) is 12.1 Å². The Morgan fingerprint density at radius 3 is 2.83 bits per heavy atom. The van der Waals surface area contributed by atoms with Gasteiger partial charge in [0.2, 0.25) is 0 Å². The lowest BCUT2D eigenvalue weighted by molar-refractivity contribution is 0.386. The van der Waals surface area contributed by atoms with E-state index in [2.05, 4.69) is 10.3 Å². The Labute approximate surface area is 107 Å². The predicted octanol–water partition coefficient (Wildman–Crippen LogP) is 1.69. The summed E-state index contributed by atoms with van der Waals surface area (Å²) < 4.78 is 18.1. The Balaban J connectivity index is 2.53. The van der Waals surface area contributed by atoms with Gasteiger partial charge in [-0.1, -0.05) is 6.07 Å². The summed E-state index contributed by atoms with van der Waals surface area (Å²) in [5.41, 5.74) is 6.64. The first kappa shape index (κ1) is 14.3. The second-order valence-corrected chi connectivity index (χ2v) is 4.28. The predicted molar refractivity (Wildman–Crippen MR) is 71.4 cm³/mol. The van der Waals surface area contributed by atoms with E-state index in [-0.39, 0.29) is 17.6 Å². The van der Waals surface area contributed by atoms with Crippen LogP contribution in [0.3, 0.4) is 0 Å². The van der Waals surface area contributed by atoms with Gasteiger partial charge in [0, 0.05) is 12.6 Å². The van der Waals surface area contributed by atoms with Gasteiger partial charge in [-0.05, 0) is 38.0 Å². The van der Waals surface area contributed by atoms with Gasteiger partial charge < -0.3 is 15.8 Å². The summed E-state index contributed by atoms with van der Waals surface area (Å²) in [6, 6.07) is 5.06. The SMILES string of the molecule is COc1cc(CCN=C(N)NC(C)C)ccc1F. The smallest absolute Gasteiger partial charge is 0.188 e. The molecule has 3 N–H and O–H groups in total. The van der Waals surface area contributed by atoms with Crippen LogP contribution >= 0.6 is 0 Å². The molecule has 0 bridgehead atoms. The minimum absolute atomic E-state index is 0.254. The van der Waals surface area contributed by atoms with Gasteiger partial charge in [0.15, 0.2) is 17.5 Å². The molecule has 0 saturated carbocycles. The average molecular weight is 253 g/mol. The largest absolute Gasteiger partial charge is 0.494 e. The van der Waals surface area contributed by atoms with E-state index in [4.69, 9.17) is 10.5 Å². The maximum absolute atomic E-state index is 13.2. The first-order chi connectivity index (χ1) is 8.52. The van der Waals surface area contributed by atoms with Gasteiger partial charge in [-0.15, -0.1) is 0 Å². The molecule has 0 atom stereocenters. The van der Waals surface area contributed by atoms with Crippen molar-refractivity contribution in [1.82, 2.24) is 5.32 Å². The monoisotopic (exact) mass is 253 g/mol. The molecule has 0 fully saturated rings. The Morgan fingerprint density at radius 1 is 1.50 bits per heavy atom. The van der Waals surface area contributed by atoms with E-state index >= 15 is 0 Å². The summed E-state index contributed by atoms with van der Waals surface area (Å²) in [5.74, 6) is 0.328. The molecule has 0 aliphatic rings. The molecule has 0 aliphatic carbocycles. The van der Waals surface area contributed by atoms with Crippen LogP contribution in [0.1, 0.15) is 19.4 Å². The molecule has 0 amide bonds. The van der Waals surface area contributed by atoms with Gasteiger partial charge >= 0.3 is 0 Å². The van der Waals surface area contributed by atoms with Crippen LogP contribution in [0.4, 0.5) is 4.39 Å². The Kier molecular flexibility index (Phi) is 5.42. The molecule has 0 heterocycles. The van der Waals surface area contributed by atoms with Crippen LogP contribution in [0, 0.1) is 5.82 Å². The quantitative estimate of drug-likeness (QED) is 0.620. The fraction of sp³-hybridized carbons (Fsp3) is 0.462. The van der Waals surface area contributed by atoms with Gasteiger partial charge in [-0.3, -0.25) is 4.99 Å². The second kappa shape index (κ2) is 6.83. The fourth-order valence-electron chi connectivity index (χ4n) is 1.51. The number of nitrogens with two attached hydrogens (primary N) is 1. The molecule has 18 heavy (non-hydrogen) atoms. The van der Waals surface area contributed by atoms with E-state index in [1.165, 1.54) is 13.2 Å². The first-order valence-corrected chi connectivity index (χ1v) is 5.91. The zero-order valence-corrected chi connectivity index (χ0v) is 11.0. The molecule has 4 nitrogen and oxygen atoms in total. The number of methoxy groups -OCH3 is 1. The lowest BCUT2D eigenvalue weighted by Crippen LogP contribution is -2.36. The maximum Gasteiger partial charge on any atom is 0.188 e. The van der Waals surface area contributed by atoms with E-state index < -0.39 is 0 Å². The molecule has 5 heteroatoms. The van der Waals surface area contributed by atoms with Crippen molar-refractivity contribution in [1.29, 1.82) is 0 Å². The minimum atomic E-state index is -0.356. The van der Waals surface area contributed by atoms with Crippen LogP contribution in [-0.4, -0.2) is 25.7 Å². The molecule has 100 valence electrons. The van der Waals surface area contributed by atoms with E-state index in [1.807, 2.05) is 13.8 Å². The number of rotatable bonds is 5. The van der Waals surface area contributed by atoms with E-state index in [0.29, 0.717) is 18.9 Å². The zero-order chi connectivity index (χ0) is 13.5. The molecular weight excluding hydrogens is 233 g/mol. The van der Waals surface area contributed by atoms with Crippen LogP contribution in [0.25, 0.3) is 0 Å². The standard InChI is InChI=1S/C13H20FN3O/c1-9(2)17-13(15)16-7-6-10-4-5-11(14)12(8-10)18-3/h4-5,8-9H,6-7H2,1-3H3,(H3,15,16,17). The van der Waals surface area contributed by atoms with Crippen LogP contribution in [-0.2, 0) is 6.42 Å². The summed E-state index contributed by atoms with van der Waals surface area (Å²) in [7, 11) is 1.45. The molecule has 1 aromatic rings. The highest BCUT2D eigenvalue weighted by Crippen LogP contribution is 2.18. The van der Waals surface area contributed by atoms with Crippen LogP contribution in [0.2, 0.25) is 0 Å². The third-order valence-corrected chi connectivity index (χ3v) is 2.33. The highest BCUT2D eigenvalue weighted by Gasteiger charge is 2.03. The third-order valence-electron chi connectivity index (χ3n) is 2.33. The number of hydrogen-bond donors (Lipinski definition) is 2. The summed E-state index contributed by atoms with van der Waals surface area (Å²) in [6.07, 6.45) is 0.692. The van der Waals surface area contributed by atoms with Crippen molar-refractivity contribution in [3.8, 4) is 5.75 Å². The minimum Gasteiger partial charge on any atom is -0.494 e. The summed E-state index contributed by atoms with van der Waals surface area (Å²) in [4.78, 5) is 4.19. The normalized spacial score (nSPS) is 11.7. The van der Waals surface area contributed by atoms with Crippen LogP contribution in [0.5, 0.6) is 5.75 Å². The number of guanidine groups is 1. The molecule has 0 aromatic heterocycles. The summed E-state index contributed by atoms with van der Waals surface area (Å²) >= 11 is 0. The molecule has 0 aliphatic heterocycles. The van der Waals surface area contributed by atoms with Crippen molar-refractivity contribution in [2.24, 2.45) is 10.7 Å². The number of ether oxygens (including phenoxy) is 1. The van der Waals surface area contributed by atoms with Gasteiger partial charge in [-0.2, -0.15) is 0 Å². The third kappa shape index (κ3) is 4.61. The molecular formula is C13H20FN3O. The lowest BCUT2D eigenvalue weighted by atomic mass is 10.1. The van der Waals surface area contributed by atoms with Gasteiger partial charge in [-0.25, -0.2) is 4.39 Å². The van der Waals surface area contributed by atoms with Gasteiger partial charge in [0.1, 0.15) is 0 Å². The van der Waals surface area contributed by atoms with Gasteiger partial charge in [0.25, 0.3) is 0 Å². The van der Waals surface area contributed by atoms with Crippen molar-refractivity contribution in [3.05, 3.63) is 29.6 Å². The van der Waals surface area contributed by atoms with Crippen molar-refractivity contribution >= 4 is 5.96 Å². The summed E-state index contributed by atoms with van der Waals surface area (Å²) in [5, 5.41) is 3.00. The molecule has 0 saturated heterocycles. The highest BCUT2D eigenvalue weighted by atomic mass is 19.1. The fourth-order valence-corrected chi connectivity index (χ4v) is 1.51. The topological polar surface area (TPSA) is 59.6 Å². The Morgan fingerprint density at radius 2 is 2.22 bits per heavy atom. The van der Waals surface area contributed by atoms with E-state index in [0.717, 1.165) is 5.56 Å². The van der Waals surface area contributed by atoms with Crippen molar-refractivity contribution < 1.29 is 9.13 Å². The van der Waals surface area contributed by atoms with Crippen molar-refractivity contribution in [3.63, 3.8) is 0 Å². The maximum atomic E-state index is 13.2. The number of aliphatic imine (C=N–C) groups is 1. The van der Waals surface area contributed by atoms with Crippen LogP contribution in [0.15, 0.2) is 23.2 Å². The number of hydrogen-bond acceptors (Lipinski definition) is 2. The molecule has 0 spiro atoms. The Hall–Kier alpha value is -1.78. The van der Waals surface area contributed by atoms with E-state index in [9.17, 15) is 4.39 Å². The first-order valence-electron chi connectivity index (χ1n) is 5.91. The number of nitrogens with one attached hydrogen (secondary N) is 1. The second-order valence-electron chi connectivity index (χ2n) is 4.28. The van der Waals surface area contributed by atoms with Crippen molar-refractivity contribution in [2.45, 2.75) is 26.3 Å². The lowest BCUT2D eigenvalue weighted by Gasteiger charge is -2.08. The molecule has 0 unspecified atom stereocenters. The number of halogens is 1. The van der Waals surface area contributed by atoms with Crippen LogP contribution < -0.4 is 15.8 Å². The number of benzene rings is 1. The molecule has 1 rings (SSSR count). The van der Waals surface area contributed by atoms with Crippen molar-refractivity contribution in [2.75, 3.05) is 13.7 Å². The van der Waals surface area contributed by atoms with Gasteiger partial charge in [0.05, 0.1) is 7.11 Å². The zero-order valence-electron chi connectivity index (χ0n) is 11.0. The average Bonchev–Trinajstić information content (AvgIpc) is 2.30. The molecule has 1 aromatic carbocycles. The summed E-state index contributed by atoms with van der Waals surface area (Å²) in [6.45, 7) is 4.54. The Bertz CT molecular complexity index is 419.